The number of alkyl halides is 3. The van der Waals surface area contributed by atoms with Crippen LogP contribution in [0.2, 0.25) is 0 Å². The maximum Gasteiger partial charge on any atom is 0.490 e. The number of carboxylic acid groups (broad SMARTS) is 1. The maximum atomic E-state index is 14.2. The lowest BCUT2D eigenvalue weighted by Gasteiger charge is -2.27. The first kappa shape index (κ1) is 39.3. The lowest BCUT2D eigenvalue weighted by molar-refractivity contribution is -0.192. The molecule has 1 heterocycles. The number of carboxylic acids is 1. The fourth-order valence-electron chi connectivity index (χ4n) is 5.49. The molecule has 16 heteroatoms. The number of likely N-dealkylation sites (tertiary alicyclic amines) is 1. The zero-order chi connectivity index (χ0) is 38.2. The van der Waals surface area contributed by atoms with E-state index < -0.39 is 40.7 Å². The number of aliphatic carboxylic acids is 1. The molecule has 0 radical (unpaired) electrons. The number of nitrogens with zero attached hydrogens (tertiary/aromatic N) is 2. The molecule has 5 rings (SSSR count). The minimum Gasteiger partial charge on any atom is -0.497 e. The van der Waals surface area contributed by atoms with Crippen LogP contribution in [-0.4, -0.2) is 85.3 Å². The highest BCUT2D eigenvalue weighted by Gasteiger charge is 2.43. The molecular weight excluding hydrogens is 703 g/mol. The van der Waals surface area contributed by atoms with E-state index in [1.165, 1.54) is 13.2 Å². The minimum absolute atomic E-state index is 0.0175. The number of sulfonamides is 1. The highest BCUT2D eigenvalue weighted by atomic mass is 32.2. The van der Waals surface area contributed by atoms with E-state index in [0.29, 0.717) is 36.2 Å². The Morgan fingerprint density at radius 3 is 2.33 bits per heavy atom. The number of rotatable bonds is 12. The van der Waals surface area contributed by atoms with Crippen LogP contribution in [0.4, 0.5) is 13.2 Å². The number of benzene rings is 4. The van der Waals surface area contributed by atoms with Crippen LogP contribution in [0.15, 0.2) is 89.8 Å². The Labute approximate surface area is 298 Å². The summed E-state index contributed by atoms with van der Waals surface area (Å²) in [5, 5.41) is 19.2. The van der Waals surface area contributed by atoms with E-state index in [2.05, 4.69) is 5.32 Å². The summed E-state index contributed by atoms with van der Waals surface area (Å²) in [7, 11) is -2.74. The summed E-state index contributed by atoms with van der Waals surface area (Å²) in [6.45, 7) is 2.35. The summed E-state index contributed by atoms with van der Waals surface area (Å²) in [6.07, 6.45) is -4.27. The van der Waals surface area contributed by atoms with Gasteiger partial charge in [0.1, 0.15) is 17.6 Å². The summed E-state index contributed by atoms with van der Waals surface area (Å²) in [5.41, 5.74) is 9.13. The van der Waals surface area contributed by atoms with Crippen molar-refractivity contribution >= 4 is 44.4 Å². The first-order valence-electron chi connectivity index (χ1n) is 15.9. The summed E-state index contributed by atoms with van der Waals surface area (Å²) >= 11 is 0. The predicted octanol–water partition coefficient (Wildman–Crippen LogP) is 4.22. The molecular formula is C36H38F3N5O7S. The van der Waals surface area contributed by atoms with E-state index >= 15 is 0 Å². The van der Waals surface area contributed by atoms with Gasteiger partial charge in [0.15, 0.2) is 0 Å². The van der Waals surface area contributed by atoms with Gasteiger partial charge in [0, 0.05) is 25.2 Å². The number of nitrogens with one attached hydrogen (secondary N) is 2. The van der Waals surface area contributed by atoms with Gasteiger partial charge >= 0.3 is 12.1 Å². The smallest absolute Gasteiger partial charge is 0.490 e. The number of amides is 2. The van der Waals surface area contributed by atoms with Gasteiger partial charge in [-0.2, -0.15) is 17.5 Å². The van der Waals surface area contributed by atoms with Crippen LogP contribution in [0.5, 0.6) is 5.75 Å². The second-order valence-electron chi connectivity index (χ2n) is 12.0. The van der Waals surface area contributed by atoms with E-state index in [1.807, 2.05) is 43.3 Å². The Kier molecular flexibility index (Phi) is 12.6. The van der Waals surface area contributed by atoms with Gasteiger partial charge in [0.25, 0.3) is 0 Å². The van der Waals surface area contributed by atoms with Gasteiger partial charge in [-0.1, -0.05) is 60.2 Å². The zero-order valence-electron chi connectivity index (χ0n) is 28.3. The van der Waals surface area contributed by atoms with E-state index in [-0.39, 0.29) is 29.6 Å². The van der Waals surface area contributed by atoms with Gasteiger partial charge < -0.3 is 25.8 Å². The molecule has 0 spiro atoms. The Morgan fingerprint density at radius 2 is 1.69 bits per heavy atom. The number of aryl methyl sites for hydroxylation is 1. The fourth-order valence-corrected chi connectivity index (χ4v) is 7.10. The third-order valence-corrected chi connectivity index (χ3v) is 10.1. The molecule has 1 aliphatic heterocycles. The van der Waals surface area contributed by atoms with Gasteiger partial charge in [-0.3, -0.25) is 15.0 Å². The van der Waals surface area contributed by atoms with E-state index in [1.54, 1.807) is 47.4 Å². The van der Waals surface area contributed by atoms with Crippen LogP contribution in [0, 0.1) is 12.3 Å². The Bertz CT molecular complexity index is 2060. The number of carbonyl (C=O) groups is 3. The molecule has 12 nitrogen and oxygen atoms in total. The first-order chi connectivity index (χ1) is 24.5. The van der Waals surface area contributed by atoms with Crippen LogP contribution in [-0.2, 0) is 37.4 Å². The average Bonchev–Trinajstić information content (AvgIpc) is 3.45. The second kappa shape index (κ2) is 16.7. The maximum absolute atomic E-state index is 14.2. The van der Waals surface area contributed by atoms with Gasteiger partial charge in [-0.15, -0.1) is 0 Å². The number of carbonyl (C=O) groups excluding carboxylic acids is 2. The molecule has 1 atom stereocenters. The molecule has 0 aliphatic carbocycles. The van der Waals surface area contributed by atoms with Crippen molar-refractivity contribution in [1.82, 2.24) is 14.5 Å². The largest absolute Gasteiger partial charge is 0.497 e. The van der Waals surface area contributed by atoms with Gasteiger partial charge in [-0.25, -0.2) is 13.2 Å². The Hall–Kier alpha value is -5.48. The molecule has 4 aromatic carbocycles. The van der Waals surface area contributed by atoms with Crippen molar-refractivity contribution in [3.63, 3.8) is 0 Å². The van der Waals surface area contributed by atoms with Crippen LogP contribution in [0.3, 0.4) is 0 Å². The number of nitrogen functional groups attached to an aromatic ring is 1. The Balaban J connectivity index is 0.000000785. The van der Waals surface area contributed by atoms with E-state index in [4.69, 9.17) is 25.8 Å². The number of hydrogen-bond donors (Lipinski definition) is 4. The zero-order valence-corrected chi connectivity index (χ0v) is 29.1. The Morgan fingerprint density at radius 1 is 1.02 bits per heavy atom. The number of ether oxygens (including phenoxy) is 1. The van der Waals surface area contributed by atoms with Crippen LogP contribution >= 0.6 is 0 Å². The van der Waals surface area contributed by atoms with Gasteiger partial charge in [0.2, 0.25) is 21.8 Å². The monoisotopic (exact) mass is 741 g/mol. The average molecular weight is 742 g/mol. The molecule has 0 saturated carbocycles. The number of hydrogen-bond acceptors (Lipinski definition) is 7. The molecule has 2 amide bonds. The predicted molar refractivity (Wildman–Crippen MR) is 187 cm³/mol. The number of amidine groups is 1. The second-order valence-corrected chi connectivity index (χ2v) is 13.9. The lowest BCUT2D eigenvalue weighted by atomic mass is 10.1. The third kappa shape index (κ3) is 10.1. The number of methoxy groups -OCH3 is 1. The van der Waals surface area contributed by atoms with Crippen LogP contribution < -0.4 is 15.8 Å². The van der Waals surface area contributed by atoms with Crippen molar-refractivity contribution in [3.05, 3.63) is 107 Å². The van der Waals surface area contributed by atoms with E-state index in [0.717, 1.165) is 26.4 Å². The molecule has 52 heavy (non-hydrogen) atoms. The van der Waals surface area contributed by atoms with Crippen molar-refractivity contribution in [1.29, 1.82) is 5.41 Å². The molecule has 0 unspecified atom stereocenters. The topological polar surface area (TPSA) is 183 Å². The molecule has 276 valence electrons. The van der Waals surface area contributed by atoms with Crippen molar-refractivity contribution in [3.8, 4) is 5.75 Å². The van der Waals surface area contributed by atoms with Crippen LogP contribution in [0.25, 0.3) is 10.8 Å². The molecule has 1 saturated heterocycles. The van der Waals surface area contributed by atoms with Crippen molar-refractivity contribution in [2.75, 3.05) is 26.7 Å². The van der Waals surface area contributed by atoms with Gasteiger partial charge in [-0.05, 0) is 72.0 Å². The number of fused-ring (bicyclic) bond motifs is 1. The van der Waals surface area contributed by atoms with E-state index in [9.17, 15) is 31.2 Å². The summed E-state index contributed by atoms with van der Waals surface area (Å²) in [5.74, 6) is -3.14. The highest BCUT2D eigenvalue weighted by molar-refractivity contribution is 7.89. The summed E-state index contributed by atoms with van der Waals surface area (Å²) in [6, 6.07) is 24.1. The molecule has 5 N–H and O–H groups in total. The van der Waals surface area contributed by atoms with Crippen molar-refractivity contribution in [2.45, 2.75) is 43.4 Å². The minimum atomic E-state index is -5.08. The summed E-state index contributed by atoms with van der Waals surface area (Å²) in [4.78, 5) is 37.4. The van der Waals surface area contributed by atoms with Crippen LogP contribution in [0.1, 0.15) is 28.7 Å². The normalized spacial score (nSPS) is 14.5. The molecule has 0 aromatic heterocycles. The van der Waals surface area contributed by atoms with Crippen molar-refractivity contribution < 1.29 is 45.8 Å². The lowest BCUT2D eigenvalue weighted by Crippen LogP contribution is -2.49. The molecule has 1 aliphatic rings. The first-order valence-corrected chi connectivity index (χ1v) is 17.4. The fraction of sp³-hybridized carbons (Fsp3) is 0.278. The molecule has 4 aromatic rings. The number of halogens is 3. The standard InChI is InChI=1S/C34H37N5O5S.C2HF3O2/c1-23-6-8-24(9-7-23)14-16-37-32(40)22-39(45(42,43)30-13-11-26-10-12-29(44-2)19-28(26)20-30)31-15-17-38(34(31)41)21-25-4-3-5-27(18-25)33(35)36;3-2(4,5)1(6)7/h3-13,18-20,31H,14-17,21-22H2,1-2H3,(H3,35,36)(H,37,40);(H,6,7)/t31-;/m0./s1. The molecule has 1 fully saturated rings. The number of nitrogens with two attached hydrogens (primary N) is 1. The molecule has 0 bridgehead atoms. The quantitative estimate of drug-likeness (QED) is 0.123. The third-order valence-electron chi connectivity index (χ3n) is 8.25. The van der Waals surface area contributed by atoms with Crippen molar-refractivity contribution in [2.24, 2.45) is 5.73 Å². The van der Waals surface area contributed by atoms with Gasteiger partial charge in [0.05, 0.1) is 18.6 Å². The summed E-state index contributed by atoms with van der Waals surface area (Å²) < 4.78 is 66.5. The highest BCUT2D eigenvalue weighted by Crippen LogP contribution is 2.29. The SMILES string of the molecule is COc1ccc2ccc(S(=O)(=O)N(CC(=O)NCCc3ccc(C)cc3)[C@H]3CCN(Cc4cccc(C(=N)N)c4)C3=O)cc2c1.O=C(O)C(F)(F)F.